The van der Waals surface area contributed by atoms with Gasteiger partial charge in [0.25, 0.3) is 0 Å². The maximum Gasteiger partial charge on any atom is 0.237 e. The molecule has 4 nitrogen and oxygen atoms in total. The summed E-state index contributed by atoms with van der Waals surface area (Å²) in [5.41, 5.74) is 4.97. The number of carbonyl (C=O) groups excluding carboxylic acids is 1. The van der Waals surface area contributed by atoms with E-state index in [-0.39, 0.29) is 5.91 Å². The Morgan fingerprint density at radius 3 is 2.20 bits per heavy atom. The molecule has 0 heterocycles. The van der Waals surface area contributed by atoms with Gasteiger partial charge in [0.2, 0.25) is 5.91 Å². The first-order valence-corrected chi connectivity index (χ1v) is 7.90. The maximum atomic E-state index is 11.8. The largest absolute Gasteiger partial charge is 0.368 e. The molecular formula is C16H35N3O. The molecule has 0 saturated carbocycles. The predicted octanol–water partition coefficient (Wildman–Crippen LogP) is 2.37. The molecule has 120 valence electrons. The predicted molar refractivity (Wildman–Crippen MR) is 86.7 cm³/mol. The molecule has 0 aliphatic rings. The van der Waals surface area contributed by atoms with Crippen LogP contribution in [0.1, 0.15) is 60.8 Å². The Hall–Kier alpha value is -0.610. The number of hydrogen-bond acceptors (Lipinski definition) is 3. The van der Waals surface area contributed by atoms with Gasteiger partial charge in [-0.1, -0.05) is 20.8 Å². The van der Waals surface area contributed by atoms with Crippen molar-refractivity contribution in [2.75, 3.05) is 13.6 Å². The molecule has 0 aliphatic carbocycles. The van der Waals surface area contributed by atoms with E-state index in [1.807, 2.05) is 6.92 Å². The van der Waals surface area contributed by atoms with Gasteiger partial charge in [0, 0.05) is 12.1 Å². The fraction of sp³-hybridized carbons (Fsp3) is 0.938. The summed E-state index contributed by atoms with van der Waals surface area (Å²) in [6.07, 6.45) is 2.90. The minimum atomic E-state index is -0.624. The van der Waals surface area contributed by atoms with Crippen molar-refractivity contribution in [2.24, 2.45) is 11.7 Å². The Labute approximate surface area is 125 Å². The van der Waals surface area contributed by atoms with E-state index in [4.69, 9.17) is 5.73 Å². The van der Waals surface area contributed by atoms with Crippen LogP contribution in [0.15, 0.2) is 0 Å². The van der Waals surface area contributed by atoms with Gasteiger partial charge in [-0.25, -0.2) is 0 Å². The van der Waals surface area contributed by atoms with Gasteiger partial charge in [0.1, 0.15) is 0 Å². The van der Waals surface area contributed by atoms with E-state index in [9.17, 15) is 4.79 Å². The highest BCUT2D eigenvalue weighted by molar-refractivity contribution is 5.84. The second-order valence-corrected chi connectivity index (χ2v) is 6.82. The second kappa shape index (κ2) is 8.63. The van der Waals surface area contributed by atoms with Crippen LogP contribution in [0.5, 0.6) is 0 Å². The van der Waals surface area contributed by atoms with Crippen LogP contribution in [0.25, 0.3) is 0 Å². The van der Waals surface area contributed by atoms with Gasteiger partial charge in [-0.15, -0.1) is 0 Å². The minimum absolute atomic E-state index is 0.261. The Kier molecular flexibility index (Phi) is 8.36. The number of nitrogens with zero attached hydrogens (tertiary/aromatic N) is 1. The van der Waals surface area contributed by atoms with Crippen LogP contribution in [-0.4, -0.2) is 42.0 Å². The molecule has 0 fully saturated rings. The van der Waals surface area contributed by atoms with Crippen LogP contribution in [-0.2, 0) is 4.79 Å². The summed E-state index contributed by atoms with van der Waals surface area (Å²) in [5, 5.41) is 3.31. The van der Waals surface area contributed by atoms with Gasteiger partial charge in [0.15, 0.2) is 0 Å². The summed E-state index contributed by atoms with van der Waals surface area (Å²) in [6.45, 7) is 13.7. The molecular weight excluding hydrogens is 250 g/mol. The number of amides is 1. The molecule has 1 amide bonds. The fourth-order valence-electron chi connectivity index (χ4n) is 2.68. The standard InChI is InChI=1S/C16H35N3O/c1-8-9-18-16(6,15(17)20)11-14(5)19(7)13(4)10-12(2)3/h12-14,18H,8-11H2,1-7H3,(H2,17,20). The van der Waals surface area contributed by atoms with Gasteiger partial charge >= 0.3 is 0 Å². The highest BCUT2D eigenvalue weighted by atomic mass is 16.1. The van der Waals surface area contributed by atoms with Crippen LogP contribution in [0.4, 0.5) is 0 Å². The van der Waals surface area contributed by atoms with Gasteiger partial charge in [-0.05, 0) is 59.5 Å². The number of nitrogens with one attached hydrogen (secondary N) is 1. The first-order chi connectivity index (χ1) is 9.14. The monoisotopic (exact) mass is 285 g/mol. The number of rotatable bonds is 10. The van der Waals surface area contributed by atoms with Crippen LogP contribution >= 0.6 is 0 Å². The molecule has 0 rings (SSSR count). The molecule has 0 spiro atoms. The summed E-state index contributed by atoms with van der Waals surface area (Å²) in [7, 11) is 2.14. The van der Waals surface area contributed by atoms with Crippen molar-refractivity contribution in [1.29, 1.82) is 0 Å². The van der Waals surface area contributed by atoms with E-state index < -0.39 is 5.54 Å². The van der Waals surface area contributed by atoms with Crippen LogP contribution in [0, 0.1) is 5.92 Å². The minimum Gasteiger partial charge on any atom is -0.368 e. The fourth-order valence-corrected chi connectivity index (χ4v) is 2.68. The summed E-state index contributed by atoms with van der Waals surface area (Å²) < 4.78 is 0. The molecule has 0 saturated heterocycles. The highest BCUT2D eigenvalue weighted by Gasteiger charge is 2.33. The van der Waals surface area contributed by atoms with E-state index in [2.05, 4.69) is 51.9 Å². The molecule has 0 aromatic heterocycles. The molecule has 20 heavy (non-hydrogen) atoms. The lowest BCUT2D eigenvalue weighted by atomic mass is 9.91. The number of hydrogen-bond donors (Lipinski definition) is 2. The van der Waals surface area contributed by atoms with Crippen molar-refractivity contribution in [2.45, 2.75) is 78.4 Å². The molecule has 0 aromatic carbocycles. The maximum absolute atomic E-state index is 11.8. The zero-order valence-electron chi connectivity index (χ0n) is 14.5. The summed E-state index contributed by atoms with van der Waals surface area (Å²) in [5.74, 6) is 0.420. The molecule has 3 atom stereocenters. The first kappa shape index (κ1) is 19.4. The zero-order chi connectivity index (χ0) is 15.9. The third-order valence-corrected chi connectivity index (χ3v) is 4.22. The van der Waals surface area contributed by atoms with Gasteiger partial charge in [-0.3, -0.25) is 4.79 Å². The zero-order valence-corrected chi connectivity index (χ0v) is 14.5. The van der Waals surface area contributed by atoms with Crippen LogP contribution in [0.2, 0.25) is 0 Å². The lowest BCUT2D eigenvalue weighted by molar-refractivity contribution is -0.124. The van der Waals surface area contributed by atoms with Crippen molar-refractivity contribution in [3.05, 3.63) is 0 Å². The SMILES string of the molecule is CCCNC(C)(CC(C)N(C)C(C)CC(C)C)C(N)=O. The number of primary amides is 1. The lowest BCUT2D eigenvalue weighted by Crippen LogP contribution is -2.56. The molecule has 4 heteroatoms. The van der Waals surface area contributed by atoms with Crippen molar-refractivity contribution in [1.82, 2.24) is 10.2 Å². The molecule has 3 unspecified atom stereocenters. The lowest BCUT2D eigenvalue weighted by Gasteiger charge is -2.37. The van der Waals surface area contributed by atoms with Crippen molar-refractivity contribution < 1.29 is 4.79 Å². The Morgan fingerprint density at radius 1 is 1.25 bits per heavy atom. The average Bonchev–Trinajstić information content (AvgIpc) is 2.34. The van der Waals surface area contributed by atoms with Crippen molar-refractivity contribution >= 4 is 5.91 Å². The third-order valence-electron chi connectivity index (χ3n) is 4.22. The molecule has 0 aliphatic heterocycles. The van der Waals surface area contributed by atoms with Crippen molar-refractivity contribution in [3.8, 4) is 0 Å². The summed E-state index contributed by atoms with van der Waals surface area (Å²) >= 11 is 0. The van der Waals surface area contributed by atoms with E-state index in [1.165, 1.54) is 0 Å². The molecule has 0 bridgehead atoms. The molecule has 3 N–H and O–H groups in total. The van der Waals surface area contributed by atoms with E-state index in [1.54, 1.807) is 0 Å². The van der Waals surface area contributed by atoms with Gasteiger partial charge in [0.05, 0.1) is 5.54 Å². The Bertz CT molecular complexity index is 293. The number of nitrogens with two attached hydrogens (primary N) is 1. The number of carbonyl (C=O) groups is 1. The van der Waals surface area contributed by atoms with Crippen LogP contribution < -0.4 is 11.1 Å². The van der Waals surface area contributed by atoms with Gasteiger partial charge in [-0.2, -0.15) is 0 Å². The Morgan fingerprint density at radius 2 is 1.80 bits per heavy atom. The van der Waals surface area contributed by atoms with Gasteiger partial charge < -0.3 is 16.0 Å². The molecule has 0 radical (unpaired) electrons. The van der Waals surface area contributed by atoms with E-state index >= 15 is 0 Å². The normalized spacial score (nSPS) is 18.1. The smallest absolute Gasteiger partial charge is 0.237 e. The summed E-state index contributed by atoms with van der Waals surface area (Å²) in [6, 6.07) is 0.818. The quantitative estimate of drug-likeness (QED) is 0.648. The van der Waals surface area contributed by atoms with E-state index in [0.29, 0.717) is 18.0 Å². The second-order valence-electron chi connectivity index (χ2n) is 6.82. The third kappa shape index (κ3) is 6.23. The van der Waals surface area contributed by atoms with E-state index in [0.717, 1.165) is 25.8 Å². The topological polar surface area (TPSA) is 58.4 Å². The Balaban J connectivity index is 4.66. The van der Waals surface area contributed by atoms with Crippen molar-refractivity contribution in [3.63, 3.8) is 0 Å². The average molecular weight is 285 g/mol. The first-order valence-electron chi connectivity index (χ1n) is 7.90. The summed E-state index contributed by atoms with van der Waals surface area (Å²) in [4.78, 5) is 14.1. The highest BCUT2D eigenvalue weighted by Crippen LogP contribution is 2.19. The van der Waals surface area contributed by atoms with Crippen LogP contribution in [0.3, 0.4) is 0 Å². The molecule has 0 aromatic rings.